The molecule has 3 aromatic carbocycles. The number of rotatable bonds is 11. The molecule has 198 valence electrons. The van der Waals surface area contributed by atoms with Crippen molar-refractivity contribution < 1.29 is 27.1 Å². The highest BCUT2D eigenvalue weighted by molar-refractivity contribution is 7.90. The van der Waals surface area contributed by atoms with Gasteiger partial charge in [0.2, 0.25) is 0 Å². The molecule has 6 nitrogen and oxygen atoms in total. The maximum atomic E-state index is 13.8. The molecule has 0 heterocycles. The quantitative estimate of drug-likeness (QED) is 0.334. The molecule has 0 saturated carbocycles. The van der Waals surface area contributed by atoms with Crippen LogP contribution in [0.4, 0.5) is 8.78 Å². The first-order valence-corrected chi connectivity index (χ1v) is 13.9. The zero-order valence-electron chi connectivity index (χ0n) is 20.5. The highest BCUT2D eigenvalue weighted by Crippen LogP contribution is 2.21. The minimum atomic E-state index is -3.53. The smallest absolute Gasteiger partial charge is 0.253 e. The van der Waals surface area contributed by atoms with Crippen LogP contribution in [0.15, 0.2) is 65.6 Å². The Morgan fingerprint density at radius 3 is 2.30 bits per heavy atom. The number of hydrogen-bond acceptors (Lipinski definition) is 5. The van der Waals surface area contributed by atoms with Crippen LogP contribution in [-0.2, 0) is 29.2 Å². The lowest BCUT2D eigenvalue weighted by Crippen LogP contribution is -2.48. The fourth-order valence-electron chi connectivity index (χ4n) is 3.89. The van der Waals surface area contributed by atoms with Crippen molar-refractivity contribution in [2.75, 3.05) is 12.8 Å². The van der Waals surface area contributed by atoms with Gasteiger partial charge in [0.05, 0.1) is 27.6 Å². The van der Waals surface area contributed by atoms with Gasteiger partial charge in [-0.3, -0.25) is 4.79 Å². The van der Waals surface area contributed by atoms with E-state index in [4.69, 9.17) is 11.6 Å². The van der Waals surface area contributed by atoms with Crippen LogP contribution in [0.5, 0.6) is 0 Å². The second-order valence-corrected chi connectivity index (χ2v) is 11.3. The van der Waals surface area contributed by atoms with E-state index in [9.17, 15) is 27.1 Å². The largest absolute Gasteiger partial charge is 0.390 e. The van der Waals surface area contributed by atoms with Crippen molar-refractivity contribution >= 4 is 27.3 Å². The van der Waals surface area contributed by atoms with Gasteiger partial charge in [-0.2, -0.15) is 0 Å². The van der Waals surface area contributed by atoms with Crippen LogP contribution in [-0.4, -0.2) is 44.4 Å². The Labute approximate surface area is 220 Å². The maximum absolute atomic E-state index is 13.8. The van der Waals surface area contributed by atoms with Gasteiger partial charge >= 0.3 is 0 Å². The van der Waals surface area contributed by atoms with Gasteiger partial charge in [-0.15, -0.1) is 0 Å². The van der Waals surface area contributed by atoms with E-state index in [-0.39, 0.29) is 34.0 Å². The van der Waals surface area contributed by atoms with Gasteiger partial charge in [-0.05, 0) is 59.9 Å². The van der Waals surface area contributed by atoms with Gasteiger partial charge in [0.15, 0.2) is 9.84 Å². The summed E-state index contributed by atoms with van der Waals surface area (Å²) in [5.74, 6) is -2.22. The molecule has 0 aliphatic rings. The van der Waals surface area contributed by atoms with Gasteiger partial charge < -0.3 is 15.7 Å². The molecule has 3 aromatic rings. The molecule has 0 unspecified atom stereocenters. The van der Waals surface area contributed by atoms with E-state index in [1.807, 2.05) is 18.2 Å². The normalized spacial score (nSPS) is 13.2. The Bertz CT molecular complexity index is 1350. The number of benzene rings is 3. The zero-order chi connectivity index (χ0) is 27.2. The van der Waals surface area contributed by atoms with Crippen LogP contribution in [0, 0.1) is 11.6 Å². The number of carbonyl (C=O) groups is 1. The molecule has 0 saturated heterocycles. The molecule has 2 atom stereocenters. The third kappa shape index (κ3) is 8.33. The minimum absolute atomic E-state index is 0.000953. The number of hydrogen-bond donors (Lipinski definition) is 3. The highest BCUT2D eigenvalue weighted by Gasteiger charge is 2.24. The molecule has 1 amide bonds. The van der Waals surface area contributed by atoms with Gasteiger partial charge in [0.25, 0.3) is 5.91 Å². The van der Waals surface area contributed by atoms with E-state index in [0.717, 1.165) is 36.4 Å². The lowest BCUT2D eigenvalue weighted by molar-refractivity contribution is 0.0830. The van der Waals surface area contributed by atoms with Crippen molar-refractivity contribution in [3.8, 4) is 0 Å². The number of aliphatic hydroxyl groups excluding tert-OH is 1. The highest BCUT2D eigenvalue weighted by atomic mass is 35.5. The predicted octanol–water partition coefficient (Wildman–Crippen LogP) is 4.08. The van der Waals surface area contributed by atoms with Gasteiger partial charge in [0.1, 0.15) is 11.6 Å². The molecule has 37 heavy (non-hydrogen) atoms. The van der Waals surface area contributed by atoms with Crippen LogP contribution in [0.25, 0.3) is 0 Å². The number of aliphatic hydroxyl groups is 1. The van der Waals surface area contributed by atoms with Crippen molar-refractivity contribution in [1.29, 1.82) is 0 Å². The van der Waals surface area contributed by atoms with Crippen LogP contribution in [0.3, 0.4) is 0 Å². The summed E-state index contributed by atoms with van der Waals surface area (Å²) in [5, 5.41) is 16.7. The van der Waals surface area contributed by atoms with Gasteiger partial charge in [0, 0.05) is 25.4 Å². The number of amides is 1. The lowest BCUT2D eigenvalue weighted by Gasteiger charge is -2.25. The Hall–Kier alpha value is -2.85. The summed E-state index contributed by atoms with van der Waals surface area (Å²) in [6.07, 6.45) is 0.726. The first kappa shape index (κ1) is 28.7. The fraction of sp³-hybridized carbons (Fsp3) is 0.296. The summed E-state index contributed by atoms with van der Waals surface area (Å²) >= 11 is 6.17. The molecule has 3 rings (SSSR count). The van der Waals surface area contributed by atoms with Crippen LogP contribution < -0.4 is 10.6 Å². The van der Waals surface area contributed by atoms with Crippen molar-refractivity contribution in [2.45, 2.75) is 43.4 Å². The number of halogens is 3. The molecule has 0 aromatic heterocycles. The van der Waals surface area contributed by atoms with E-state index in [1.54, 1.807) is 0 Å². The lowest BCUT2D eigenvalue weighted by atomic mass is 10.00. The maximum Gasteiger partial charge on any atom is 0.253 e. The SMILES string of the molecule is CCc1cccc(CNC[C@H](O)[C@H](Cc2cc(F)cc(F)c2)NC(=O)c2ccc(S(C)(=O)=O)cc2Cl)c1. The molecule has 0 fully saturated rings. The van der Waals surface area contributed by atoms with E-state index >= 15 is 0 Å². The number of sulfone groups is 1. The number of nitrogens with one attached hydrogen (secondary N) is 2. The van der Waals surface area contributed by atoms with Crippen molar-refractivity contribution in [1.82, 2.24) is 10.6 Å². The first-order valence-electron chi connectivity index (χ1n) is 11.7. The molecule has 0 aliphatic carbocycles. The fourth-order valence-corrected chi connectivity index (χ4v) is 4.87. The summed E-state index contributed by atoms with van der Waals surface area (Å²) in [5.41, 5.74) is 2.45. The molecule has 3 N–H and O–H groups in total. The van der Waals surface area contributed by atoms with Gasteiger partial charge in [-0.25, -0.2) is 17.2 Å². The Balaban J connectivity index is 1.77. The zero-order valence-corrected chi connectivity index (χ0v) is 22.0. The summed E-state index contributed by atoms with van der Waals surface area (Å²) in [4.78, 5) is 13.0. The van der Waals surface area contributed by atoms with E-state index in [2.05, 4.69) is 23.6 Å². The topological polar surface area (TPSA) is 95.5 Å². The Morgan fingerprint density at radius 2 is 1.68 bits per heavy atom. The Morgan fingerprint density at radius 1 is 1.00 bits per heavy atom. The van der Waals surface area contributed by atoms with E-state index in [1.165, 1.54) is 23.8 Å². The van der Waals surface area contributed by atoms with E-state index in [0.29, 0.717) is 6.54 Å². The second kappa shape index (κ2) is 12.6. The Kier molecular flexibility index (Phi) is 9.78. The third-order valence-electron chi connectivity index (χ3n) is 5.85. The molecule has 0 bridgehead atoms. The van der Waals surface area contributed by atoms with Gasteiger partial charge in [-0.1, -0.05) is 42.8 Å². The number of aryl methyl sites for hydroxylation is 1. The average Bonchev–Trinajstić information content (AvgIpc) is 2.82. The molecule has 10 heteroatoms. The molecule has 0 radical (unpaired) electrons. The van der Waals surface area contributed by atoms with Crippen LogP contribution >= 0.6 is 11.6 Å². The molecule has 0 aliphatic heterocycles. The first-order chi connectivity index (χ1) is 17.5. The minimum Gasteiger partial charge on any atom is -0.390 e. The van der Waals surface area contributed by atoms with E-state index < -0.39 is 39.5 Å². The summed E-state index contributed by atoms with van der Waals surface area (Å²) in [6.45, 7) is 2.61. The summed E-state index contributed by atoms with van der Waals surface area (Å²) < 4.78 is 51.1. The van der Waals surface area contributed by atoms with Crippen molar-refractivity contribution in [2.24, 2.45) is 0 Å². The van der Waals surface area contributed by atoms with Crippen molar-refractivity contribution in [3.05, 3.63) is 99.6 Å². The van der Waals surface area contributed by atoms with Crippen molar-refractivity contribution in [3.63, 3.8) is 0 Å². The van der Waals surface area contributed by atoms with Crippen LogP contribution in [0.2, 0.25) is 5.02 Å². The van der Waals surface area contributed by atoms with Crippen LogP contribution in [0.1, 0.15) is 34.0 Å². The second-order valence-electron chi connectivity index (χ2n) is 8.85. The monoisotopic (exact) mass is 550 g/mol. The molecular weight excluding hydrogens is 522 g/mol. The summed E-state index contributed by atoms with van der Waals surface area (Å²) in [6, 6.07) is 13.8. The average molecular weight is 551 g/mol. The standard InChI is InChI=1S/C27H29ClF2N2O4S/c1-3-17-5-4-6-18(9-17)15-31-16-26(33)25(12-19-10-20(29)13-21(30)11-19)32-27(34)23-8-7-22(14-24(23)28)37(2,35)36/h4-11,13-14,25-26,31,33H,3,12,15-16H2,1-2H3,(H,32,34)/t25-,26-/m0/s1. The molecular formula is C27H29ClF2N2O4S. The number of carbonyl (C=O) groups excluding carboxylic acids is 1. The molecule has 0 spiro atoms. The summed E-state index contributed by atoms with van der Waals surface area (Å²) in [7, 11) is -3.53. The third-order valence-corrected chi connectivity index (χ3v) is 7.28. The predicted molar refractivity (Wildman–Crippen MR) is 139 cm³/mol.